The number of nitrogen functional groups attached to an aromatic ring is 1. The molecule has 0 saturated heterocycles. The Morgan fingerprint density at radius 2 is 1.97 bits per heavy atom. The minimum Gasteiger partial charge on any atom is -0.382 e. The number of hydrogen-bond donors (Lipinski definition) is 3. The largest absolute Gasteiger partial charge is 0.382 e. The third-order valence-electron chi connectivity index (χ3n) is 4.90. The molecule has 10 nitrogen and oxygen atoms in total. The van der Waals surface area contributed by atoms with E-state index in [0.29, 0.717) is 22.8 Å². The molecular weight excluding hydrogens is 392 g/mol. The Balaban J connectivity index is 2.07. The number of nitrogens with zero attached hydrogens (tertiary/aromatic N) is 5. The fraction of sp³-hybridized carbons (Fsp3) is 0.222. The van der Waals surface area contributed by atoms with Gasteiger partial charge in [0.05, 0.1) is 21.6 Å². The van der Waals surface area contributed by atoms with Gasteiger partial charge < -0.3 is 11.5 Å². The molecule has 0 radical (unpaired) electrons. The molecule has 2 heterocycles. The van der Waals surface area contributed by atoms with Crippen molar-refractivity contribution in [2.75, 3.05) is 18.0 Å². The summed E-state index contributed by atoms with van der Waals surface area (Å²) in [6.45, 7) is 1.76. The van der Waals surface area contributed by atoms with Gasteiger partial charge in [0.15, 0.2) is 15.7 Å². The third kappa shape index (κ3) is 3.04. The van der Waals surface area contributed by atoms with Crippen LogP contribution in [0.15, 0.2) is 35.2 Å². The molecule has 0 fully saturated rings. The first kappa shape index (κ1) is 19.0. The zero-order valence-electron chi connectivity index (χ0n) is 15.9. The molecule has 0 unspecified atom stereocenters. The van der Waals surface area contributed by atoms with E-state index in [1.54, 1.807) is 23.7 Å². The standard InChI is InChI=1S/C18H20N8O2S/c1-10-14(29(27,28)9-8-19)7-6-12(15(10)18-21-24-25-22-18)11-4-3-5-13-16(11)17(20)23-26(13)2/h3-7H,8-9,19H2,1-2H3,(H2,20,23)(H,21,22,24,25). The summed E-state index contributed by atoms with van der Waals surface area (Å²) in [6.07, 6.45) is 0. The summed E-state index contributed by atoms with van der Waals surface area (Å²) in [7, 11) is -1.74. The van der Waals surface area contributed by atoms with Gasteiger partial charge in [0, 0.05) is 19.2 Å². The smallest absolute Gasteiger partial charge is 0.205 e. The van der Waals surface area contributed by atoms with Crippen LogP contribution in [-0.4, -0.2) is 51.1 Å². The lowest BCUT2D eigenvalue weighted by Crippen LogP contribution is -2.17. The van der Waals surface area contributed by atoms with E-state index in [0.717, 1.165) is 22.0 Å². The molecule has 0 amide bonds. The van der Waals surface area contributed by atoms with Crippen LogP contribution < -0.4 is 11.5 Å². The maximum atomic E-state index is 12.7. The average Bonchev–Trinajstić information content (AvgIpc) is 3.30. The van der Waals surface area contributed by atoms with E-state index in [4.69, 9.17) is 11.5 Å². The summed E-state index contributed by atoms with van der Waals surface area (Å²) < 4.78 is 27.1. The molecule has 11 heteroatoms. The van der Waals surface area contributed by atoms with Gasteiger partial charge in [-0.05, 0) is 41.0 Å². The summed E-state index contributed by atoms with van der Waals surface area (Å²) in [4.78, 5) is 0.192. The van der Waals surface area contributed by atoms with E-state index < -0.39 is 9.84 Å². The predicted molar refractivity (Wildman–Crippen MR) is 110 cm³/mol. The molecule has 4 rings (SSSR count). The number of sulfone groups is 1. The van der Waals surface area contributed by atoms with Crippen LogP contribution in [0.2, 0.25) is 0 Å². The second kappa shape index (κ2) is 6.94. The van der Waals surface area contributed by atoms with Crippen molar-refractivity contribution in [2.45, 2.75) is 11.8 Å². The number of benzene rings is 2. The van der Waals surface area contributed by atoms with Gasteiger partial charge in [0.1, 0.15) is 0 Å². The van der Waals surface area contributed by atoms with Gasteiger partial charge in [-0.1, -0.05) is 18.2 Å². The van der Waals surface area contributed by atoms with Crippen LogP contribution >= 0.6 is 0 Å². The van der Waals surface area contributed by atoms with E-state index in [2.05, 4.69) is 25.7 Å². The number of anilines is 1. The number of H-pyrrole nitrogens is 1. The van der Waals surface area contributed by atoms with Crippen molar-refractivity contribution in [1.82, 2.24) is 30.4 Å². The lowest BCUT2D eigenvalue weighted by molar-refractivity contribution is 0.595. The summed E-state index contributed by atoms with van der Waals surface area (Å²) in [5, 5.41) is 19.3. The number of aryl methyl sites for hydroxylation is 1. The number of rotatable bonds is 5. The fourth-order valence-corrected chi connectivity index (χ4v) is 5.02. The Kier molecular flexibility index (Phi) is 4.55. The summed E-state index contributed by atoms with van der Waals surface area (Å²) >= 11 is 0. The zero-order chi connectivity index (χ0) is 20.8. The number of fused-ring (bicyclic) bond motifs is 1. The molecule has 2 aromatic carbocycles. The number of tetrazole rings is 1. The molecule has 0 aliphatic rings. The van der Waals surface area contributed by atoms with E-state index in [9.17, 15) is 8.42 Å². The number of nitrogens with two attached hydrogens (primary N) is 2. The molecular formula is C18H20N8O2S. The molecule has 5 N–H and O–H groups in total. The molecule has 4 aromatic rings. The van der Waals surface area contributed by atoms with Crippen LogP contribution in [0.1, 0.15) is 5.56 Å². The second-order valence-electron chi connectivity index (χ2n) is 6.66. The van der Waals surface area contributed by atoms with Gasteiger partial charge in [-0.3, -0.25) is 4.68 Å². The lowest BCUT2D eigenvalue weighted by atomic mass is 9.93. The summed E-state index contributed by atoms with van der Waals surface area (Å²) in [6, 6.07) is 9.05. The highest BCUT2D eigenvalue weighted by Gasteiger charge is 2.24. The van der Waals surface area contributed by atoms with Gasteiger partial charge in [0.2, 0.25) is 5.82 Å². The second-order valence-corrected chi connectivity index (χ2v) is 8.74. The van der Waals surface area contributed by atoms with Crippen LogP contribution in [0, 0.1) is 6.92 Å². The van der Waals surface area contributed by atoms with E-state index in [-0.39, 0.29) is 17.2 Å². The van der Waals surface area contributed by atoms with Gasteiger partial charge in [-0.2, -0.15) is 10.3 Å². The van der Waals surface area contributed by atoms with Gasteiger partial charge in [0.25, 0.3) is 0 Å². The highest BCUT2D eigenvalue weighted by Crippen LogP contribution is 2.40. The number of aromatic amines is 1. The highest BCUT2D eigenvalue weighted by atomic mass is 32.2. The maximum absolute atomic E-state index is 12.7. The first-order valence-corrected chi connectivity index (χ1v) is 10.5. The normalized spacial score (nSPS) is 12.0. The van der Waals surface area contributed by atoms with Crippen molar-refractivity contribution in [3.63, 3.8) is 0 Å². The molecule has 29 heavy (non-hydrogen) atoms. The van der Waals surface area contributed by atoms with Crippen LogP contribution in [0.25, 0.3) is 33.4 Å². The van der Waals surface area contributed by atoms with Crippen molar-refractivity contribution in [1.29, 1.82) is 0 Å². The van der Waals surface area contributed by atoms with Crippen LogP contribution in [0.5, 0.6) is 0 Å². The minimum atomic E-state index is -3.55. The van der Waals surface area contributed by atoms with Gasteiger partial charge in [-0.15, -0.1) is 10.2 Å². The van der Waals surface area contributed by atoms with Crippen LogP contribution in [-0.2, 0) is 16.9 Å². The first-order valence-electron chi connectivity index (χ1n) is 8.87. The molecule has 150 valence electrons. The van der Waals surface area contributed by atoms with Gasteiger partial charge in [-0.25, -0.2) is 8.42 Å². The van der Waals surface area contributed by atoms with Crippen LogP contribution in [0.4, 0.5) is 5.82 Å². The Labute approximate surface area is 166 Å². The Morgan fingerprint density at radius 3 is 2.66 bits per heavy atom. The number of hydrogen-bond acceptors (Lipinski definition) is 8. The quantitative estimate of drug-likeness (QED) is 0.438. The Morgan fingerprint density at radius 1 is 1.17 bits per heavy atom. The SMILES string of the molecule is Cc1c(S(=O)(=O)CCN)ccc(-c2cccc3c2c(N)nn3C)c1-c1nn[nH]n1. The predicted octanol–water partition coefficient (Wildman–Crippen LogP) is 1.04. The molecule has 0 saturated carbocycles. The lowest BCUT2D eigenvalue weighted by Gasteiger charge is -2.15. The van der Waals surface area contributed by atoms with E-state index in [1.165, 1.54) is 0 Å². The first-order chi connectivity index (χ1) is 13.8. The summed E-state index contributed by atoms with van der Waals surface area (Å²) in [5.41, 5.74) is 15.2. The topological polar surface area (TPSA) is 158 Å². The molecule has 0 aliphatic heterocycles. The molecule has 0 spiro atoms. The number of nitrogens with one attached hydrogen (secondary N) is 1. The Bertz CT molecular complexity index is 1310. The molecule has 2 aromatic heterocycles. The Hall–Kier alpha value is -3.31. The highest BCUT2D eigenvalue weighted by molar-refractivity contribution is 7.91. The monoisotopic (exact) mass is 412 g/mol. The van der Waals surface area contributed by atoms with Crippen molar-refractivity contribution in [2.24, 2.45) is 12.8 Å². The van der Waals surface area contributed by atoms with Crippen LogP contribution in [0.3, 0.4) is 0 Å². The maximum Gasteiger partial charge on any atom is 0.205 e. The molecule has 0 aliphatic carbocycles. The van der Waals surface area contributed by atoms with E-state index >= 15 is 0 Å². The van der Waals surface area contributed by atoms with Crippen molar-refractivity contribution < 1.29 is 8.42 Å². The fourth-order valence-electron chi connectivity index (χ4n) is 3.64. The van der Waals surface area contributed by atoms with Crippen molar-refractivity contribution in [3.05, 3.63) is 35.9 Å². The summed E-state index contributed by atoms with van der Waals surface area (Å²) in [5.74, 6) is 0.528. The van der Waals surface area contributed by atoms with Crippen molar-refractivity contribution >= 4 is 26.6 Å². The van der Waals surface area contributed by atoms with Gasteiger partial charge >= 0.3 is 0 Å². The zero-order valence-corrected chi connectivity index (χ0v) is 16.7. The number of aromatic nitrogens is 6. The minimum absolute atomic E-state index is 0.0343. The average molecular weight is 412 g/mol. The van der Waals surface area contributed by atoms with Crippen molar-refractivity contribution in [3.8, 4) is 22.5 Å². The molecule has 0 bridgehead atoms. The molecule has 0 atom stereocenters. The van der Waals surface area contributed by atoms with E-state index in [1.807, 2.05) is 25.2 Å². The third-order valence-corrected chi connectivity index (χ3v) is 6.79.